The monoisotopic (exact) mass is 388 g/mol. The number of aliphatic hydroxyl groups is 1. The minimum absolute atomic E-state index is 0.0867. The fourth-order valence-corrected chi connectivity index (χ4v) is 3.79. The van der Waals surface area contributed by atoms with Crippen molar-refractivity contribution in [1.29, 1.82) is 0 Å². The van der Waals surface area contributed by atoms with Gasteiger partial charge in [-0.15, -0.1) is 0 Å². The molecule has 1 N–H and O–H groups in total. The molecule has 4 rings (SSSR count). The highest BCUT2D eigenvalue weighted by molar-refractivity contribution is 5.73. The van der Waals surface area contributed by atoms with Gasteiger partial charge in [-0.1, -0.05) is 12.1 Å². The maximum atomic E-state index is 13.5. The summed E-state index contributed by atoms with van der Waals surface area (Å²) in [5.74, 6) is -1.66. The fourth-order valence-electron chi connectivity index (χ4n) is 3.79. The lowest BCUT2D eigenvalue weighted by Gasteiger charge is -2.41. The molecule has 1 aromatic heterocycles. The third-order valence-electron chi connectivity index (χ3n) is 5.25. The summed E-state index contributed by atoms with van der Waals surface area (Å²) in [5.41, 5.74) is 3.33. The summed E-state index contributed by atoms with van der Waals surface area (Å²) in [4.78, 5) is 4.56. The molecule has 0 saturated carbocycles. The molecule has 148 valence electrons. The lowest BCUT2D eigenvalue weighted by Crippen LogP contribution is -2.52. The Labute approximate surface area is 161 Å². The van der Waals surface area contributed by atoms with Crippen molar-refractivity contribution in [3.8, 4) is 0 Å². The highest BCUT2D eigenvalue weighted by Gasteiger charge is 2.27. The molecule has 6 nitrogen and oxygen atoms in total. The number of benzene rings is 2. The summed E-state index contributed by atoms with van der Waals surface area (Å²) in [5, 5.41) is 17.2. The Morgan fingerprint density at radius 3 is 2.57 bits per heavy atom. The summed E-state index contributed by atoms with van der Waals surface area (Å²) >= 11 is 0. The highest BCUT2D eigenvalue weighted by Crippen LogP contribution is 2.20. The number of fused-ring (bicyclic) bond motifs is 1. The van der Waals surface area contributed by atoms with Gasteiger partial charge in [0.2, 0.25) is 0 Å². The van der Waals surface area contributed by atoms with E-state index in [4.69, 9.17) is 4.63 Å². The molecule has 1 atom stereocenters. The zero-order chi connectivity index (χ0) is 19.5. The minimum Gasteiger partial charge on any atom is -0.396 e. The second-order valence-corrected chi connectivity index (χ2v) is 7.21. The van der Waals surface area contributed by atoms with Crippen molar-refractivity contribution in [3.63, 3.8) is 0 Å². The normalized spacial score (nSPS) is 18.8. The number of aromatic nitrogens is 2. The van der Waals surface area contributed by atoms with Crippen LogP contribution in [-0.2, 0) is 13.1 Å². The van der Waals surface area contributed by atoms with Gasteiger partial charge >= 0.3 is 0 Å². The van der Waals surface area contributed by atoms with Crippen molar-refractivity contribution in [3.05, 3.63) is 59.2 Å². The van der Waals surface area contributed by atoms with E-state index in [1.807, 2.05) is 18.2 Å². The molecule has 0 amide bonds. The second kappa shape index (κ2) is 8.30. The average Bonchev–Trinajstić information content (AvgIpc) is 3.15. The predicted molar refractivity (Wildman–Crippen MR) is 99.3 cm³/mol. The molecule has 28 heavy (non-hydrogen) atoms. The number of hydrogen-bond donors (Lipinski definition) is 1. The predicted octanol–water partition coefficient (Wildman–Crippen LogP) is 2.57. The molecule has 2 aromatic carbocycles. The van der Waals surface area contributed by atoms with E-state index in [0.29, 0.717) is 13.0 Å². The number of nitrogens with zero attached hydrogens (tertiary/aromatic N) is 4. The SMILES string of the molecule is OCCC1CN(Cc2ccc3nonc3c2)CCN1Cc1ccc(F)c(F)c1. The largest absolute Gasteiger partial charge is 0.396 e. The first-order valence-electron chi connectivity index (χ1n) is 9.35. The van der Waals surface area contributed by atoms with E-state index in [-0.39, 0.29) is 12.6 Å². The van der Waals surface area contributed by atoms with Crippen LogP contribution in [0.4, 0.5) is 8.78 Å². The first-order valence-corrected chi connectivity index (χ1v) is 9.35. The van der Waals surface area contributed by atoms with E-state index in [2.05, 4.69) is 20.1 Å². The smallest absolute Gasteiger partial charge is 0.159 e. The van der Waals surface area contributed by atoms with Crippen LogP contribution < -0.4 is 0 Å². The van der Waals surface area contributed by atoms with Gasteiger partial charge in [0.15, 0.2) is 11.6 Å². The highest BCUT2D eigenvalue weighted by atomic mass is 19.2. The van der Waals surface area contributed by atoms with Gasteiger partial charge in [0, 0.05) is 45.4 Å². The number of piperazine rings is 1. The zero-order valence-corrected chi connectivity index (χ0v) is 15.4. The molecule has 1 unspecified atom stereocenters. The van der Waals surface area contributed by atoms with Crippen LogP contribution >= 0.6 is 0 Å². The molecule has 1 aliphatic heterocycles. The van der Waals surface area contributed by atoms with Crippen LogP contribution in [0.3, 0.4) is 0 Å². The molecule has 0 bridgehead atoms. The Balaban J connectivity index is 1.42. The molecule has 0 radical (unpaired) electrons. The third kappa shape index (κ3) is 4.19. The Hall–Kier alpha value is -2.42. The van der Waals surface area contributed by atoms with E-state index < -0.39 is 11.6 Å². The standard InChI is InChI=1S/C20H22F2N4O2/c21-17-3-1-14(9-18(17)22)12-26-7-6-25(13-16(26)5-8-27)11-15-2-4-19-20(10-15)24-28-23-19/h1-4,9-10,16,27H,5-8,11-13H2. The van der Waals surface area contributed by atoms with Crippen molar-refractivity contribution in [2.75, 3.05) is 26.2 Å². The summed E-state index contributed by atoms with van der Waals surface area (Å²) in [6.45, 7) is 3.82. The van der Waals surface area contributed by atoms with Crippen LogP contribution in [0.2, 0.25) is 0 Å². The zero-order valence-electron chi connectivity index (χ0n) is 15.4. The first-order chi connectivity index (χ1) is 13.6. The summed E-state index contributed by atoms with van der Waals surface area (Å²) in [6, 6.07) is 10.1. The van der Waals surface area contributed by atoms with E-state index >= 15 is 0 Å². The maximum Gasteiger partial charge on any atom is 0.159 e. The molecule has 1 aliphatic rings. The van der Waals surface area contributed by atoms with E-state index in [1.165, 1.54) is 6.07 Å². The Kier molecular flexibility index (Phi) is 5.61. The Morgan fingerprint density at radius 2 is 1.75 bits per heavy atom. The number of hydrogen-bond acceptors (Lipinski definition) is 6. The molecular formula is C20H22F2N4O2. The van der Waals surface area contributed by atoms with Crippen molar-refractivity contribution in [1.82, 2.24) is 20.1 Å². The molecular weight excluding hydrogens is 366 g/mol. The van der Waals surface area contributed by atoms with Crippen LogP contribution in [-0.4, -0.2) is 57.5 Å². The molecule has 0 spiro atoms. The lowest BCUT2D eigenvalue weighted by atomic mass is 10.1. The first kappa shape index (κ1) is 18.9. The maximum absolute atomic E-state index is 13.5. The van der Waals surface area contributed by atoms with Gasteiger partial charge in [-0.2, -0.15) is 0 Å². The molecule has 3 aromatic rings. The van der Waals surface area contributed by atoms with Crippen LogP contribution in [0.1, 0.15) is 17.5 Å². The van der Waals surface area contributed by atoms with Gasteiger partial charge in [-0.05, 0) is 52.1 Å². The third-order valence-corrected chi connectivity index (χ3v) is 5.25. The molecule has 2 heterocycles. The van der Waals surface area contributed by atoms with Gasteiger partial charge in [0.25, 0.3) is 0 Å². The van der Waals surface area contributed by atoms with Gasteiger partial charge in [0.1, 0.15) is 11.0 Å². The molecule has 8 heteroatoms. The Bertz CT molecular complexity index is 949. The van der Waals surface area contributed by atoms with Crippen molar-refractivity contribution in [2.45, 2.75) is 25.6 Å². The van der Waals surface area contributed by atoms with Crippen molar-refractivity contribution in [2.24, 2.45) is 0 Å². The molecule has 1 fully saturated rings. The van der Waals surface area contributed by atoms with Crippen LogP contribution in [0, 0.1) is 11.6 Å². The summed E-state index contributed by atoms with van der Waals surface area (Å²) in [7, 11) is 0. The van der Waals surface area contributed by atoms with Gasteiger partial charge in [0.05, 0.1) is 0 Å². The van der Waals surface area contributed by atoms with Gasteiger partial charge < -0.3 is 5.11 Å². The quantitative estimate of drug-likeness (QED) is 0.700. The summed E-state index contributed by atoms with van der Waals surface area (Å²) in [6.07, 6.45) is 0.631. The van der Waals surface area contributed by atoms with E-state index in [1.54, 1.807) is 6.07 Å². The lowest BCUT2D eigenvalue weighted by molar-refractivity contribution is 0.0499. The topological polar surface area (TPSA) is 65.6 Å². The molecule has 1 saturated heterocycles. The number of rotatable bonds is 6. The number of halogens is 2. The van der Waals surface area contributed by atoms with Crippen molar-refractivity contribution < 1.29 is 18.5 Å². The number of aliphatic hydroxyl groups excluding tert-OH is 1. The van der Waals surface area contributed by atoms with Crippen LogP contribution in [0.5, 0.6) is 0 Å². The van der Waals surface area contributed by atoms with E-state index in [0.717, 1.165) is 54.4 Å². The minimum atomic E-state index is -0.834. The van der Waals surface area contributed by atoms with Gasteiger partial charge in [-0.3, -0.25) is 9.80 Å². The van der Waals surface area contributed by atoms with Crippen LogP contribution in [0.25, 0.3) is 11.0 Å². The van der Waals surface area contributed by atoms with Gasteiger partial charge in [-0.25, -0.2) is 13.4 Å². The fraction of sp³-hybridized carbons (Fsp3) is 0.400. The van der Waals surface area contributed by atoms with Crippen LogP contribution in [0.15, 0.2) is 41.0 Å². The van der Waals surface area contributed by atoms with E-state index in [9.17, 15) is 13.9 Å². The molecule has 0 aliphatic carbocycles. The van der Waals surface area contributed by atoms with Crippen molar-refractivity contribution >= 4 is 11.0 Å². The average molecular weight is 388 g/mol. The summed E-state index contributed by atoms with van der Waals surface area (Å²) < 4.78 is 31.4. The Morgan fingerprint density at radius 1 is 0.964 bits per heavy atom. The second-order valence-electron chi connectivity index (χ2n) is 7.21.